The van der Waals surface area contributed by atoms with Crippen LogP contribution < -0.4 is 5.32 Å². The van der Waals surface area contributed by atoms with Crippen molar-refractivity contribution >= 4 is 0 Å². The molecule has 4 nitrogen and oxygen atoms in total. The van der Waals surface area contributed by atoms with Crippen molar-refractivity contribution in [2.75, 3.05) is 33.7 Å². The Balaban J connectivity index is 1.74. The monoisotopic (exact) mass is 290 g/mol. The van der Waals surface area contributed by atoms with Gasteiger partial charge in [0.05, 0.1) is 5.69 Å². The average molecular weight is 290 g/mol. The van der Waals surface area contributed by atoms with Crippen LogP contribution in [0.25, 0.3) is 0 Å². The maximum absolute atomic E-state index is 4.62. The average Bonchev–Trinajstić information content (AvgIpc) is 3.29. The van der Waals surface area contributed by atoms with Crippen molar-refractivity contribution in [3.63, 3.8) is 0 Å². The summed E-state index contributed by atoms with van der Waals surface area (Å²) in [5, 5.41) is 3.53. The number of hydrogen-bond acceptors (Lipinski definition) is 4. The molecule has 1 aromatic heterocycles. The van der Waals surface area contributed by atoms with Crippen molar-refractivity contribution in [2.45, 2.75) is 45.3 Å². The zero-order chi connectivity index (χ0) is 15.1. The normalized spacial score (nSPS) is 15.1. The largest absolute Gasteiger partial charge is 0.310 e. The van der Waals surface area contributed by atoms with Crippen LogP contribution in [0.15, 0.2) is 18.3 Å². The summed E-state index contributed by atoms with van der Waals surface area (Å²) >= 11 is 0. The van der Waals surface area contributed by atoms with Gasteiger partial charge in [-0.15, -0.1) is 0 Å². The van der Waals surface area contributed by atoms with E-state index in [1.807, 2.05) is 6.20 Å². The quantitative estimate of drug-likeness (QED) is 0.715. The van der Waals surface area contributed by atoms with Crippen LogP contribution >= 0.6 is 0 Å². The first kappa shape index (κ1) is 16.4. The summed E-state index contributed by atoms with van der Waals surface area (Å²) in [6.07, 6.45) is 5.91. The third-order valence-electron chi connectivity index (χ3n) is 3.97. The molecule has 0 unspecified atom stereocenters. The van der Waals surface area contributed by atoms with Gasteiger partial charge < -0.3 is 10.2 Å². The van der Waals surface area contributed by atoms with E-state index in [9.17, 15) is 0 Å². The van der Waals surface area contributed by atoms with E-state index in [1.54, 1.807) is 0 Å². The van der Waals surface area contributed by atoms with Gasteiger partial charge in [-0.05, 0) is 64.6 Å². The SMILES string of the molecule is CCN(CCCN(C)C)Cc1ccc(CNC2CC2)cn1. The van der Waals surface area contributed by atoms with Gasteiger partial charge in [0.1, 0.15) is 0 Å². The van der Waals surface area contributed by atoms with Crippen LogP contribution in [0.5, 0.6) is 0 Å². The van der Waals surface area contributed by atoms with Gasteiger partial charge in [0.2, 0.25) is 0 Å². The highest BCUT2D eigenvalue weighted by molar-refractivity contribution is 5.14. The zero-order valence-electron chi connectivity index (χ0n) is 13.8. The molecule has 1 N–H and O–H groups in total. The lowest BCUT2D eigenvalue weighted by molar-refractivity contribution is 0.256. The van der Waals surface area contributed by atoms with E-state index in [0.29, 0.717) is 0 Å². The summed E-state index contributed by atoms with van der Waals surface area (Å²) in [6.45, 7) is 7.51. The Morgan fingerprint density at radius 2 is 2.05 bits per heavy atom. The molecule has 0 bridgehead atoms. The number of rotatable bonds is 10. The summed E-state index contributed by atoms with van der Waals surface area (Å²) in [4.78, 5) is 9.33. The molecule has 0 atom stereocenters. The molecule has 1 aliphatic rings. The van der Waals surface area contributed by atoms with Crippen LogP contribution in [-0.2, 0) is 13.1 Å². The molecular weight excluding hydrogens is 260 g/mol. The molecule has 1 saturated carbocycles. The summed E-state index contributed by atoms with van der Waals surface area (Å²) in [5.74, 6) is 0. The second-order valence-electron chi connectivity index (χ2n) is 6.34. The van der Waals surface area contributed by atoms with Crippen LogP contribution in [-0.4, -0.2) is 54.6 Å². The van der Waals surface area contributed by atoms with Gasteiger partial charge in [0.15, 0.2) is 0 Å². The number of hydrogen-bond donors (Lipinski definition) is 1. The Hall–Kier alpha value is -0.970. The van der Waals surface area contributed by atoms with E-state index in [4.69, 9.17) is 0 Å². The van der Waals surface area contributed by atoms with Crippen LogP contribution in [0, 0.1) is 0 Å². The smallest absolute Gasteiger partial charge is 0.0544 e. The molecule has 1 aromatic rings. The Morgan fingerprint density at radius 1 is 1.24 bits per heavy atom. The molecule has 1 fully saturated rings. The van der Waals surface area contributed by atoms with E-state index < -0.39 is 0 Å². The molecular formula is C17H30N4. The maximum Gasteiger partial charge on any atom is 0.0544 e. The van der Waals surface area contributed by atoms with Crippen molar-refractivity contribution in [2.24, 2.45) is 0 Å². The number of nitrogens with one attached hydrogen (secondary N) is 1. The van der Waals surface area contributed by atoms with Gasteiger partial charge in [-0.25, -0.2) is 0 Å². The number of aromatic nitrogens is 1. The molecule has 0 aliphatic heterocycles. The van der Waals surface area contributed by atoms with Crippen molar-refractivity contribution in [3.8, 4) is 0 Å². The summed E-state index contributed by atoms with van der Waals surface area (Å²) in [6, 6.07) is 5.15. The second-order valence-corrected chi connectivity index (χ2v) is 6.34. The Bertz CT molecular complexity index is 398. The third-order valence-corrected chi connectivity index (χ3v) is 3.97. The van der Waals surface area contributed by atoms with Crippen molar-refractivity contribution in [1.29, 1.82) is 0 Å². The van der Waals surface area contributed by atoms with E-state index in [2.05, 4.69) is 53.3 Å². The molecule has 118 valence electrons. The first-order valence-electron chi connectivity index (χ1n) is 8.21. The van der Waals surface area contributed by atoms with E-state index in [1.165, 1.54) is 30.5 Å². The first-order chi connectivity index (χ1) is 10.2. The predicted octanol–water partition coefficient (Wildman–Crippen LogP) is 2.11. The van der Waals surface area contributed by atoms with Gasteiger partial charge in [0.25, 0.3) is 0 Å². The van der Waals surface area contributed by atoms with Crippen molar-refractivity contribution in [3.05, 3.63) is 29.6 Å². The molecule has 1 aliphatic carbocycles. The highest BCUT2D eigenvalue weighted by Gasteiger charge is 2.19. The first-order valence-corrected chi connectivity index (χ1v) is 8.21. The minimum atomic E-state index is 0.761. The number of pyridine rings is 1. The number of nitrogens with zero attached hydrogens (tertiary/aromatic N) is 3. The lowest BCUT2D eigenvalue weighted by Gasteiger charge is -2.21. The lowest BCUT2D eigenvalue weighted by atomic mass is 10.2. The molecule has 0 aromatic carbocycles. The van der Waals surface area contributed by atoms with E-state index in [0.717, 1.165) is 38.8 Å². The van der Waals surface area contributed by atoms with Gasteiger partial charge in [-0.1, -0.05) is 13.0 Å². The van der Waals surface area contributed by atoms with Crippen LogP contribution in [0.1, 0.15) is 37.4 Å². The predicted molar refractivity (Wildman–Crippen MR) is 88.2 cm³/mol. The van der Waals surface area contributed by atoms with Gasteiger partial charge in [0, 0.05) is 25.3 Å². The minimum absolute atomic E-state index is 0.761. The van der Waals surface area contributed by atoms with Gasteiger partial charge in [-0.2, -0.15) is 0 Å². The molecule has 0 radical (unpaired) electrons. The Labute approximate surface area is 129 Å². The maximum atomic E-state index is 4.62. The van der Waals surface area contributed by atoms with Gasteiger partial charge >= 0.3 is 0 Å². The summed E-state index contributed by atoms with van der Waals surface area (Å²) in [5.41, 5.74) is 2.47. The molecule has 0 amide bonds. The molecule has 4 heteroatoms. The fraction of sp³-hybridized carbons (Fsp3) is 0.706. The standard InChI is InChI=1S/C17H30N4/c1-4-21(11-5-10-20(2)3)14-17-7-6-15(13-19-17)12-18-16-8-9-16/h6-7,13,16,18H,4-5,8-12,14H2,1-3H3. The lowest BCUT2D eigenvalue weighted by Crippen LogP contribution is -2.27. The molecule has 2 rings (SSSR count). The van der Waals surface area contributed by atoms with Crippen molar-refractivity contribution < 1.29 is 0 Å². The zero-order valence-corrected chi connectivity index (χ0v) is 13.8. The highest BCUT2D eigenvalue weighted by atomic mass is 15.1. The minimum Gasteiger partial charge on any atom is -0.310 e. The van der Waals surface area contributed by atoms with Gasteiger partial charge in [-0.3, -0.25) is 9.88 Å². The second kappa shape index (κ2) is 8.47. The molecule has 0 saturated heterocycles. The van der Waals surface area contributed by atoms with Crippen LogP contribution in [0.2, 0.25) is 0 Å². The molecule has 1 heterocycles. The van der Waals surface area contributed by atoms with Crippen LogP contribution in [0.3, 0.4) is 0 Å². The molecule has 0 spiro atoms. The van der Waals surface area contributed by atoms with E-state index >= 15 is 0 Å². The fourth-order valence-electron chi connectivity index (χ4n) is 2.39. The third kappa shape index (κ3) is 6.55. The van der Waals surface area contributed by atoms with E-state index in [-0.39, 0.29) is 0 Å². The Morgan fingerprint density at radius 3 is 2.62 bits per heavy atom. The highest BCUT2D eigenvalue weighted by Crippen LogP contribution is 2.19. The topological polar surface area (TPSA) is 31.4 Å². The fourth-order valence-corrected chi connectivity index (χ4v) is 2.39. The summed E-state index contributed by atoms with van der Waals surface area (Å²) in [7, 11) is 4.26. The Kier molecular flexibility index (Phi) is 6.61. The summed E-state index contributed by atoms with van der Waals surface area (Å²) < 4.78 is 0. The molecule has 21 heavy (non-hydrogen) atoms. The van der Waals surface area contributed by atoms with Crippen molar-refractivity contribution in [1.82, 2.24) is 20.1 Å². The van der Waals surface area contributed by atoms with Crippen LogP contribution in [0.4, 0.5) is 0 Å².